The lowest BCUT2D eigenvalue weighted by atomic mass is 9.59. The number of fused-ring (bicyclic) bond motifs is 1. The Morgan fingerprint density at radius 3 is 2.57 bits per heavy atom. The van der Waals surface area contributed by atoms with Crippen molar-refractivity contribution < 1.29 is 9.53 Å². The molecule has 2 bridgehead atoms. The van der Waals surface area contributed by atoms with E-state index in [1.807, 2.05) is 13.8 Å². The van der Waals surface area contributed by atoms with Gasteiger partial charge in [0, 0.05) is 18.6 Å². The normalized spacial score (nSPS) is 41.4. The molecule has 23 heavy (non-hydrogen) atoms. The second-order valence-electron chi connectivity index (χ2n) is 9.68. The van der Waals surface area contributed by atoms with Crippen LogP contribution < -0.4 is 5.32 Å². The second-order valence-corrected chi connectivity index (χ2v) is 9.68. The van der Waals surface area contributed by atoms with Crippen LogP contribution in [0.3, 0.4) is 0 Å². The molecule has 0 aromatic carbocycles. The van der Waals surface area contributed by atoms with Gasteiger partial charge in [0.25, 0.3) is 0 Å². The van der Waals surface area contributed by atoms with Crippen molar-refractivity contribution in [2.75, 3.05) is 6.61 Å². The highest BCUT2D eigenvalue weighted by Crippen LogP contribution is 2.68. The second kappa shape index (κ2) is 5.75. The Morgan fingerprint density at radius 1 is 1.26 bits per heavy atom. The molecule has 0 aromatic heterocycles. The van der Waals surface area contributed by atoms with Crippen LogP contribution >= 0.6 is 0 Å². The molecule has 0 unspecified atom stereocenters. The molecule has 1 spiro atoms. The molecular weight excluding hydrogens is 286 g/mol. The molecule has 3 heteroatoms. The first-order valence-electron chi connectivity index (χ1n) is 9.60. The fraction of sp³-hybridized carbons (Fsp3) is 0.950. The van der Waals surface area contributed by atoms with Crippen molar-refractivity contribution in [3.8, 4) is 0 Å². The van der Waals surface area contributed by atoms with Crippen molar-refractivity contribution in [2.24, 2.45) is 34.5 Å². The van der Waals surface area contributed by atoms with E-state index in [1.165, 1.54) is 12.8 Å². The third-order valence-corrected chi connectivity index (χ3v) is 7.14. The van der Waals surface area contributed by atoms with Crippen LogP contribution in [0.5, 0.6) is 0 Å². The number of hydrogen-bond acceptors (Lipinski definition) is 2. The molecule has 2 saturated carbocycles. The fourth-order valence-corrected chi connectivity index (χ4v) is 5.92. The molecule has 5 atom stereocenters. The van der Waals surface area contributed by atoms with E-state index >= 15 is 0 Å². The summed E-state index contributed by atoms with van der Waals surface area (Å²) in [6, 6.07) is 0.312. The molecule has 1 saturated heterocycles. The van der Waals surface area contributed by atoms with Gasteiger partial charge in [-0.15, -0.1) is 0 Å². The minimum atomic E-state index is 0.0612. The number of hydrogen-bond donors (Lipinski definition) is 1. The Bertz CT molecular complexity index is 470. The number of ether oxygens (including phenoxy) is 1. The van der Waals surface area contributed by atoms with Gasteiger partial charge in [-0.25, -0.2) is 0 Å². The van der Waals surface area contributed by atoms with Crippen molar-refractivity contribution in [1.82, 2.24) is 5.32 Å². The Morgan fingerprint density at radius 2 is 1.96 bits per heavy atom. The Hall–Kier alpha value is -0.570. The number of nitrogens with one attached hydrogen (secondary N) is 1. The molecule has 1 heterocycles. The van der Waals surface area contributed by atoms with E-state index in [2.05, 4.69) is 33.0 Å². The molecule has 3 rings (SSSR count). The van der Waals surface area contributed by atoms with E-state index < -0.39 is 0 Å². The van der Waals surface area contributed by atoms with Gasteiger partial charge in [-0.2, -0.15) is 0 Å². The summed E-state index contributed by atoms with van der Waals surface area (Å²) in [6.07, 6.45) is 5.24. The maximum atomic E-state index is 12.5. The maximum Gasteiger partial charge on any atom is 0.222 e. The van der Waals surface area contributed by atoms with Crippen LogP contribution in [0.1, 0.15) is 67.2 Å². The van der Waals surface area contributed by atoms with Crippen LogP contribution in [-0.4, -0.2) is 24.7 Å². The van der Waals surface area contributed by atoms with E-state index in [4.69, 9.17) is 4.74 Å². The van der Waals surface area contributed by atoms with Crippen molar-refractivity contribution in [1.29, 1.82) is 0 Å². The zero-order valence-electron chi connectivity index (χ0n) is 15.8. The van der Waals surface area contributed by atoms with Gasteiger partial charge in [-0.1, -0.05) is 41.5 Å². The van der Waals surface area contributed by atoms with E-state index in [0.29, 0.717) is 24.0 Å². The summed E-state index contributed by atoms with van der Waals surface area (Å²) >= 11 is 0. The Balaban J connectivity index is 1.88. The lowest BCUT2D eigenvalue weighted by Gasteiger charge is -2.53. The summed E-state index contributed by atoms with van der Waals surface area (Å²) < 4.78 is 6.21. The highest BCUT2D eigenvalue weighted by Gasteiger charge is 2.68. The average molecular weight is 322 g/mol. The number of rotatable bonds is 4. The molecule has 3 aliphatic rings. The smallest absolute Gasteiger partial charge is 0.222 e. The fourth-order valence-electron chi connectivity index (χ4n) is 5.92. The Kier molecular flexibility index (Phi) is 4.32. The summed E-state index contributed by atoms with van der Waals surface area (Å²) in [4.78, 5) is 12.5. The van der Waals surface area contributed by atoms with Gasteiger partial charge in [0.2, 0.25) is 5.91 Å². The van der Waals surface area contributed by atoms with Crippen molar-refractivity contribution in [3.05, 3.63) is 0 Å². The first-order chi connectivity index (χ1) is 10.7. The van der Waals surface area contributed by atoms with Gasteiger partial charge in [0.1, 0.15) is 0 Å². The van der Waals surface area contributed by atoms with Crippen LogP contribution in [0.2, 0.25) is 0 Å². The first-order valence-corrected chi connectivity index (χ1v) is 9.60. The minimum Gasteiger partial charge on any atom is -0.378 e. The lowest BCUT2D eigenvalue weighted by molar-refractivity contribution is -0.140. The summed E-state index contributed by atoms with van der Waals surface area (Å²) in [7, 11) is 0. The van der Waals surface area contributed by atoms with E-state index in [9.17, 15) is 4.79 Å². The Labute approximate surface area is 141 Å². The molecule has 132 valence electrons. The highest BCUT2D eigenvalue weighted by atomic mass is 16.5. The minimum absolute atomic E-state index is 0.0612. The van der Waals surface area contributed by atoms with Crippen molar-refractivity contribution in [2.45, 2.75) is 79.4 Å². The van der Waals surface area contributed by atoms with Crippen LogP contribution in [0, 0.1) is 34.5 Å². The number of amides is 1. The maximum absolute atomic E-state index is 12.5. The van der Waals surface area contributed by atoms with Gasteiger partial charge >= 0.3 is 0 Å². The lowest BCUT2D eigenvalue weighted by Crippen LogP contribution is -2.60. The van der Waals surface area contributed by atoms with E-state index in [1.54, 1.807) is 0 Å². The average Bonchev–Trinajstić information content (AvgIpc) is 2.92. The third kappa shape index (κ3) is 2.63. The number of carbonyl (C=O) groups is 1. The zero-order chi connectivity index (χ0) is 17.0. The molecule has 1 N–H and O–H groups in total. The van der Waals surface area contributed by atoms with E-state index in [-0.39, 0.29) is 22.7 Å². The van der Waals surface area contributed by atoms with E-state index in [0.717, 1.165) is 25.4 Å². The summed E-state index contributed by atoms with van der Waals surface area (Å²) in [6.45, 7) is 14.2. The first kappa shape index (κ1) is 17.3. The van der Waals surface area contributed by atoms with Crippen LogP contribution in [0.25, 0.3) is 0 Å². The summed E-state index contributed by atoms with van der Waals surface area (Å²) in [5.41, 5.74) is 0.483. The van der Waals surface area contributed by atoms with Gasteiger partial charge in [0.05, 0.1) is 6.10 Å². The monoisotopic (exact) mass is 321 g/mol. The SMILES string of the molecule is CC(C)C[C@H]1OCC[C@@]23C[C@@H](C[C@H]12)C(C)(C)[C@H]3NC(=O)C(C)C. The largest absolute Gasteiger partial charge is 0.378 e. The number of carbonyl (C=O) groups excluding carboxylic acids is 1. The third-order valence-electron chi connectivity index (χ3n) is 7.14. The molecule has 1 aliphatic heterocycles. The van der Waals surface area contributed by atoms with Crippen LogP contribution in [-0.2, 0) is 9.53 Å². The molecule has 3 nitrogen and oxygen atoms in total. The zero-order valence-corrected chi connectivity index (χ0v) is 15.8. The van der Waals surface area contributed by atoms with Crippen molar-refractivity contribution >= 4 is 5.91 Å². The quantitative estimate of drug-likeness (QED) is 0.849. The highest BCUT2D eigenvalue weighted by molar-refractivity contribution is 5.78. The van der Waals surface area contributed by atoms with Crippen LogP contribution in [0.4, 0.5) is 0 Å². The molecule has 3 fully saturated rings. The standard InChI is InChI=1S/C20H35NO2/c1-12(2)9-16-15-10-14-11-20(15,7-8-23-16)18(19(14,5)6)21-17(22)13(3)4/h12-16,18H,7-11H2,1-6H3,(H,21,22)/t14-,15-,16-,18-,20-/m1/s1. The van der Waals surface area contributed by atoms with Gasteiger partial charge in [0.15, 0.2) is 0 Å². The van der Waals surface area contributed by atoms with Gasteiger partial charge in [-0.05, 0) is 54.3 Å². The molecule has 0 radical (unpaired) electrons. The predicted octanol–water partition coefficient (Wildman–Crippen LogP) is 4.01. The van der Waals surface area contributed by atoms with Gasteiger partial charge < -0.3 is 10.1 Å². The molecule has 0 aromatic rings. The summed E-state index contributed by atoms with van der Waals surface area (Å²) in [5.74, 6) is 2.31. The van der Waals surface area contributed by atoms with Crippen LogP contribution in [0.15, 0.2) is 0 Å². The molecule has 1 amide bonds. The van der Waals surface area contributed by atoms with Crippen molar-refractivity contribution in [3.63, 3.8) is 0 Å². The van der Waals surface area contributed by atoms with Gasteiger partial charge in [-0.3, -0.25) is 4.79 Å². The topological polar surface area (TPSA) is 38.3 Å². The molecular formula is C20H35NO2. The summed E-state index contributed by atoms with van der Waals surface area (Å²) in [5, 5.41) is 3.47. The molecule has 2 aliphatic carbocycles. The predicted molar refractivity (Wildman–Crippen MR) is 93.0 cm³/mol.